The number of fused-ring (bicyclic) bond motifs is 2. The maximum atomic E-state index is 12.6. The molecule has 3 aliphatic heterocycles. The number of para-hydroxylation sites is 1. The van der Waals surface area contributed by atoms with Crippen molar-refractivity contribution >= 4 is 75.5 Å². The second-order valence-electron chi connectivity index (χ2n) is 7.90. The van der Waals surface area contributed by atoms with Crippen molar-refractivity contribution in [2.24, 2.45) is 5.10 Å². The molecular formula is C24H22N6O6S2. The number of aromatic nitrogens is 1. The van der Waals surface area contributed by atoms with Gasteiger partial charge in [-0.15, -0.1) is 23.1 Å². The van der Waals surface area contributed by atoms with Crippen LogP contribution in [0.2, 0.25) is 0 Å². The van der Waals surface area contributed by atoms with Gasteiger partial charge in [-0.3, -0.25) is 24.7 Å². The van der Waals surface area contributed by atoms with E-state index in [1.54, 1.807) is 6.21 Å². The SMILES string of the molecule is C1=Cc2ccccc2NN=C1.Nc1nc(/C(=C/CC(=O)O)C(=O)N[C@@H]2C(=O)N3C(C(=O)O)=CCS[C@H]23)cs1. The van der Waals surface area contributed by atoms with Gasteiger partial charge in [-0.1, -0.05) is 30.4 Å². The number of β-lactam (4-membered cyclic amide) rings is 1. The van der Waals surface area contributed by atoms with E-state index in [0.29, 0.717) is 5.75 Å². The van der Waals surface area contributed by atoms with Crippen LogP contribution in [0.5, 0.6) is 0 Å². The molecular weight excluding hydrogens is 532 g/mol. The molecule has 2 amide bonds. The second kappa shape index (κ2) is 11.7. The van der Waals surface area contributed by atoms with E-state index in [9.17, 15) is 19.2 Å². The van der Waals surface area contributed by atoms with E-state index in [2.05, 4.69) is 20.8 Å². The minimum absolute atomic E-state index is 0.00795. The molecule has 0 saturated carbocycles. The minimum atomic E-state index is -1.21. The zero-order valence-corrected chi connectivity index (χ0v) is 21.2. The summed E-state index contributed by atoms with van der Waals surface area (Å²) >= 11 is 2.41. The lowest BCUT2D eigenvalue weighted by molar-refractivity contribution is -0.150. The number of anilines is 2. The van der Waals surface area contributed by atoms with Gasteiger partial charge in [0.1, 0.15) is 17.1 Å². The number of hydrogen-bond acceptors (Lipinski definition) is 10. The molecule has 2 aromatic rings. The van der Waals surface area contributed by atoms with Crippen LogP contribution in [0.15, 0.2) is 58.7 Å². The molecule has 1 fully saturated rings. The Labute approximate surface area is 224 Å². The number of rotatable bonds is 6. The second-order valence-corrected chi connectivity index (χ2v) is 9.94. The average molecular weight is 555 g/mol. The molecule has 6 N–H and O–H groups in total. The molecule has 1 saturated heterocycles. The van der Waals surface area contributed by atoms with Gasteiger partial charge in [-0.25, -0.2) is 9.78 Å². The summed E-state index contributed by atoms with van der Waals surface area (Å²) in [5, 5.41) is 25.7. The van der Waals surface area contributed by atoms with Gasteiger partial charge in [-0.2, -0.15) is 5.10 Å². The molecule has 1 aromatic carbocycles. The fraction of sp³-hybridized carbons (Fsp3) is 0.167. The molecule has 0 radical (unpaired) electrons. The van der Waals surface area contributed by atoms with Crippen molar-refractivity contribution in [1.29, 1.82) is 0 Å². The Kier molecular flexibility index (Phi) is 8.23. The third-order valence-corrected chi connectivity index (χ3v) is 7.32. The van der Waals surface area contributed by atoms with Gasteiger partial charge in [-0.05, 0) is 23.8 Å². The molecule has 1 aromatic heterocycles. The molecule has 0 spiro atoms. The van der Waals surface area contributed by atoms with E-state index in [0.717, 1.165) is 21.9 Å². The molecule has 0 aliphatic carbocycles. The standard InChI is InChI=1S/C15H14N4O6S2.C9H8N2/c16-15-17-7(5-27-15)6(1-2-9(20)21)11(22)18-10-12(23)19-8(14(24)25)3-4-26-13(10)19;1-2-6-9-8(4-1)5-3-7-10-11-9/h1,3,5,10,13H,2,4H2,(H2,16,17)(H,18,22)(H,20,21)(H,24,25);1-7,11H/b6-1-;/t10-,13-;/m1./s1. The Morgan fingerprint density at radius 1 is 1.26 bits per heavy atom. The number of nitrogens with one attached hydrogen (secondary N) is 2. The van der Waals surface area contributed by atoms with E-state index in [-0.39, 0.29) is 22.1 Å². The number of carbonyl (C=O) groups is 4. The van der Waals surface area contributed by atoms with E-state index < -0.39 is 41.6 Å². The van der Waals surface area contributed by atoms with E-state index in [1.807, 2.05) is 36.4 Å². The molecule has 2 atom stereocenters. The summed E-state index contributed by atoms with van der Waals surface area (Å²) in [4.78, 5) is 52.1. The maximum Gasteiger partial charge on any atom is 0.352 e. The van der Waals surface area contributed by atoms with E-state index in [4.69, 9.17) is 15.9 Å². The third kappa shape index (κ3) is 5.92. The highest BCUT2D eigenvalue weighted by Crippen LogP contribution is 2.37. The van der Waals surface area contributed by atoms with Gasteiger partial charge in [0.05, 0.1) is 23.4 Å². The van der Waals surface area contributed by atoms with Crippen LogP contribution in [0, 0.1) is 0 Å². The Morgan fingerprint density at radius 3 is 2.76 bits per heavy atom. The van der Waals surface area contributed by atoms with Crippen molar-refractivity contribution in [2.75, 3.05) is 16.9 Å². The van der Waals surface area contributed by atoms with Gasteiger partial charge >= 0.3 is 11.9 Å². The van der Waals surface area contributed by atoms with Crippen molar-refractivity contribution in [3.8, 4) is 0 Å². The lowest BCUT2D eigenvalue weighted by Crippen LogP contribution is -2.70. The summed E-state index contributed by atoms with van der Waals surface area (Å²) in [6.07, 6.45) is 7.91. The highest BCUT2D eigenvalue weighted by atomic mass is 32.2. The summed E-state index contributed by atoms with van der Waals surface area (Å²) in [7, 11) is 0. The first kappa shape index (κ1) is 26.6. The number of benzene rings is 1. The molecule has 38 heavy (non-hydrogen) atoms. The van der Waals surface area contributed by atoms with Gasteiger partial charge in [0.2, 0.25) is 0 Å². The number of thioether (sulfide) groups is 1. The molecule has 5 rings (SSSR count). The number of allylic oxidation sites excluding steroid dienone is 1. The topological polar surface area (TPSA) is 187 Å². The number of amides is 2. The van der Waals surface area contributed by atoms with Crippen LogP contribution >= 0.6 is 23.1 Å². The normalized spacial score (nSPS) is 19.4. The number of carbonyl (C=O) groups excluding carboxylic acids is 2. The summed E-state index contributed by atoms with van der Waals surface area (Å²) in [5.74, 6) is -3.16. The smallest absolute Gasteiger partial charge is 0.352 e. The summed E-state index contributed by atoms with van der Waals surface area (Å²) in [6, 6.07) is 7.14. The van der Waals surface area contributed by atoms with Crippen LogP contribution in [0.4, 0.5) is 10.8 Å². The molecule has 4 heterocycles. The first-order valence-electron chi connectivity index (χ1n) is 11.1. The first-order valence-corrected chi connectivity index (χ1v) is 13.1. The molecule has 196 valence electrons. The Balaban J connectivity index is 0.000000253. The maximum absolute atomic E-state index is 12.6. The molecule has 3 aliphatic rings. The van der Waals surface area contributed by atoms with E-state index >= 15 is 0 Å². The molecule has 0 bridgehead atoms. The lowest BCUT2D eigenvalue weighted by Gasteiger charge is -2.48. The number of nitrogen functional groups attached to an aromatic ring is 1. The number of thiazole rings is 1. The summed E-state index contributed by atoms with van der Waals surface area (Å²) < 4.78 is 0. The Hall–Kier alpha value is -4.43. The van der Waals surface area contributed by atoms with Gasteiger partial charge in [0.25, 0.3) is 11.8 Å². The van der Waals surface area contributed by atoms with Crippen LogP contribution in [-0.2, 0) is 19.2 Å². The van der Waals surface area contributed by atoms with Crippen molar-refractivity contribution in [3.05, 3.63) is 64.8 Å². The van der Waals surface area contributed by atoms with Crippen LogP contribution in [0.1, 0.15) is 17.7 Å². The monoisotopic (exact) mass is 554 g/mol. The summed E-state index contributed by atoms with van der Waals surface area (Å²) in [6.45, 7) is 0. The van der Waals surface area contributed by atoms with Crippen molar-refractivity contribution < 1.29 is 29.4 Å². The fourth-order valence-electron chi connectivity index (χ4n) is 3.71. The molecule has 12 nitrogen and oxygen atoms in total. The average Bonchev–Trinajstić information content (AvgIpc) is 3.18. The number of hydrogen-bond donors (Lipinski definition) is 5. The highest BCUT2D eigenvalue weighted by molar-refractivity contribution is 8.00. The number of nitrogens with zero attached hydrogens (tertiary/aromatic N) is 3. The number of hydrazone groups is 1. The molecule has 0 unspecified atom stereocenters. The number of aliphatic carboxylic acids is 2. The van der Waals surface area contributed by atoms with Crippen LogP contribution in [-0.4, -0.2) is 67.2 Å². The number of nitrogens with two attached hydrogens (primary N) is 1. The quantitative estimate of drug-likeness (QED) is 0.261. The predicted octanol–water partition coefficient (Wildman–Crippen LogP) is 2.06. The van der Waals surface area contributed by atoms with Crippen LogP contribution in [0.25, 0.3) is 11.6 Å². The zero-order valence-electron chi connectivity index (χ0n) is 19.6. The minimum Gasteiger partial charge on any atom is -0.481 e. The Bertz CT molecular complexity index is 1400. The van der Waals surface area contributed by atoms with Crippen molar-refractivity contribution in [2.45, 2.75) is 17.8 Å². The number of carboxylic acid groups (broad SMARTS) is 2. The zero-order chi connectivity index (χ0) is 27.2. The van der Waals surface area contributed by atoms with E-state index in [1.165, 1.54) is 34.9 Å². The largest absolute Gasteiger partial charge is 0.481 e. The molecule has 14 heteroatoms. The predicted molar refractivity (Wildman–Crippen MR) is 145 cm³/mol. The lowest BCUT2D eigenvalue weighted by atomic mass is 10.0. The summed E-state index contributed by atoms with van der Waals surface area (Å²) in [5.41, 5.74) is 10.8. The van der Waals surface area contributed by atoms with Crippen molar-refractivity contribution in [3.63, 3.8) is 0 Å². The van der Waals surface area contributed by atoms with Crippen LogP contribution in [0.3, 0.4) is 0 Å². The first-order chi connectivity index (χ1) is 18.3. The Morgan fingerprint density at radius 2 is 2.05 bits per heavy atom. The highest BCUT2D eigenvalue weighted by Gasteiger charge is 2.52. The van der Waals surface area contributed by atoms with Crippen molar-refractivity contribution in [1.82, 2.24) is 15.2 Å². The van der Waals surface area contributed by atoms with Crippen LogP contribution < -0.4 is 16.5 Å². The van der Waals surface area contributed by atoms with Gasteiger partial charge in [0, 0.05) is 17.3 Å². The van der Waals surface area contributed by atoms with Gasteiger partial charge < -0.3 is 21.3 Å². The number of carboxylic acids is 2. The van der Waals surface area contributed by atoms with Gasteiger partial charge in [0.15, 0.2) is 5.13 Å². The fourth-order valence-corrected chi connectivity index (χ4v) is 5.47. The third-order valence-electron chi connectivity index (χ3n) is 5.46.